The molecule has 0 aliphatic heterocycles. The standard InChI is InChI=1S/C12H19NO2/c1-3-8-13-9-10-15-12-7-5-4-6-11(12)14-2/h4-7,13H,3,8-10H2,1-2H3. The number of para-hydroxylation sites is 2. The molecule has 0 aromatic heterocycles. The van der Waals surface area contributed by atoms with Gasteiger partial charge < -0.3 is 14.8 Å². The van der Waals surface area contributed by atoms with Crippen molar-refractivity contribution in [2.24, 2.45) is 0 Å². The SMILES string of the molecule is CCCNCCOc1ccccc1OC. The van der Waals surface area contributed by atoms with Crippen molar-refractivity contribution in [1.82, 2.24) is 5.32 Å². The molecule has 84 valence electrons. The van der Waals surface area contributed by atoms with Gasteiger partial charge in [-0.05, 0) is 25.1 Å². The summed E-state index contributed by atoms with van der Waals surface area (Å²) in [6.45, 7) is 4.72. The summed E-state index contributed by atoms with van der Waals surface area (Å²) in [7, 11) is 1.65. The highest BCUT2D eigenvalue weighted by Crippen LogP contribution is 2.25. The molecule has 0 heterocycles. The zero-order valence-corrected chi connectivity index (χ0v) is 9.45. The number of methoxy groups -OCH3 is 1. The molecule has 0 fully saturated rings. The Kier molecular flexibility index (Phi) is 5.63. The van der Waals surface area contributed by atoms with Crippen LogP contribution in [0.4, 0.5) is 0 Å². The Labute approximate surface area is 91.4 Å². The molecule has 0 atom stereocenters. The Hall–Kier alpha value is -1.22. The molecule has 0 bridgehead atoms. The fraction of sp³-hybridized carbons (Fsp3) is 0.500. The lowest BCUT2D eigenvalue weighted by Crippen LogP contribution is -2.21. The van der Waals surface area contributed by atoms with Gasteiger partial charge in [-0.1, -0.05) is 19.1 Å². The smallest absolute Gasteiger partial charge is 0.161 e. The van der Waals surface area contributed by atoms with Crippen molar-refractivity contribution in [3.63, 3.8) is 0 Å². The largest absolute Gasteiger partial charge is 0.493 e. The van der Waals surface area contributed by atoms with E-state index in [0.29, 0.717) is 6.61 Å². The first-order valence-corrected chi connectivity index (χ1v) is 5.35. The highest BCUT2D eigenvalue weighted by Gasteiger charge is 2.00. The van der Waals surface area contributed by atoms with Crippen molar-refractivity contribution in [2.75, 3.05) is 26.8 Å². The van der Waals surface area contributed by atoms with Crippen LogP contribution in [0.25, 0.3) is 0 Å². The third-order valence-electron chi connectivity index (χ3n) is 2.03. The highest BCUT2D eigenvalue weighted by atomic mass is 16.5. The summed E-state index contributed by atoms with van der Waals surface area (Å²) in [5.41, 5.74) is 0. The maximum atomic E-state index is 5.59. The van der Waals surface area contributed by atoms with Crippen LogP contribution in [0.3, 0.4) is 0 Å². The minimum Gasteiger partial charge on any atom is -0.493 e. The van der Waals surface area contributed by atoms with E-state index in [1.807, 2.05) is 24.3 Å². The predicted octanol–water partition coefficient (Wildman–Crippen LogP) is 2.07. The maximum Gasteiger partial charge on any atom is 0.161 e. The van der Waals surface area contributed by atoms with Gasteiger partial charge in [-0.3, -0.25) is 0 Å². The van der Waals surface area contributed by atoms with Crippen LogP contribution in [0.15, 0.2) is 24.3 Å². The summed E-state index contributed by atoms with van der Waals surface area (Å²) in [4.78, 5) is 0. The van der Waals surface area contributed by atoms with E-state index in [4.69, 9.17) is 9.47 Å². The molecule has 1 aromatic rings. The van der Waals surface area contributed by atoms with Crippen LogP contribution in [-0.2, 0) is 0 Å². The molecule has 15 heavy (non-hydrogen) atoms. The fourth-order valence-electron chi connectivity index (χ4n) is 1.27. The van der Waals surface area contributed by atoms with Crippen molar-refractivity contribution in [3.8, 4) is 11.5 Å². The van der Waals surface area contributed by atoms with E-state index >= 15 is 0 Å². The van der Waals surface area contributed by atoms with Gasteiger partial charge in [-0.25, -0.2) is 0 Å². The molecule has 0 aliphatic carbocycles. The van der Waals surface area contributed by atoms with Gasteiger partial charge in [0.15, 0.2) is 11.5 Å². The molecular formula is C12H19NO2. The molecule has 0 saturated heterocycles. The lowest BCUT2D eigenvalue weighted by atomic mass is 10.3. The number of rotatable bonds is 7. The molecule has 1 aromatic carbocycles. The molecule has 0 unspecified atom stereocenters. The summed E-state index contributed by atoms with van der Waals surface area (Å²) in [5.74, 6) is 1.59. The van der Waals surface area contributed by atoms with Crippen LogP contribution in [0.2, 0.25) is 0 Å². The predicted molar refractivity (Wildman–Crippen MR) is 61.6 cm³/mol. The molecule has 1 rings (SSSR count). The normalized spacial score (nSPS) is 10.0. The minimum atomic E-state index is 0.667. The first-order valence-electron chi connectivity index (χ1n) is 5.35. The van der Waals surface area contributed by atoms with E-state index in [2.05, 4.69) is 12.2 Å². The molecule has 0 spiro atoms. The molecule has 3 heteroatoms. The van der Waals surface area contributed by atoms with Gasteiger partial charge in [0.2, 0.25) is 0 Å². The average Bonchev–Trinajstić information content (AvgIpc) is 2.29. The molecule has 1 N–H and O–H groups in total. The zero-order valence-electron chi connectivity index (χ0n) is 9.45. The van der Waals surface area contributed by atoms with Crippen molar-refractivity contribution < 1.29 is 9.47 Å². The quantitative estimate of drug-likeness (QED) is 0.697. The van der Waals surface area contributed by atoms with Gasteiger partial charge in [0.25, 0.3) is 0 Å². The second kappa shape index (κ2) is 7.12. The number of hydrogen-bond acceptors (Lipinski definition) is 3. The topological polar surface area (TPSA) is 30.5 Å². The summed E-state index contributed by atoms with van der Waals surface area (Å²) in [6, 6.07) is 7.69. The lowest BCUT2D eigenvalue weighted by molar-refractivity contribution is 0.292. The first-order chi connectivity index (χ1) is 7.38. The number of hydrogen-bond donors (Lipinski definition) is 1. The van der Waals surface area contributed by atoms with Crippen molar-refractivity contribution in [1.29, 1.82) is 0 Å². The van der Waals surface area contributed by atoms with Gasteiger partial charge in [0, 0.05) is 6.54 Å². The number of nitrogens with one attached hydrogen (secondary N) is 1. The van der Waals surface area contributed by atoms with Gasteiger partial charge in [0.1, 0.15) is 6.61 Å². The summed E-state index contributed by atoms with van der Waals surface area (Å²) >= 11 is 0. The van der Waals surface area contributed by atoms with Gasteiger partial charge in [0.05, 0.1) is 7.11 Å². The minimum absolute atomic E-state index is 0.667. The highest BCUT2D eigenvalue weighted by molar-refractivity contribution is 5.39. The third-order valence-corrected chi connectivity index (χ3v) is 2.03. The molecule has 0 amide bonds. The first kappa shape index (κ1) is 11.9. The zero-order chi connectivity index (χ0) is 10.9. The van der Waals surface area contributed by atoms with Crippen molar-refractivity contribution in [3.05, 3.63) is 24.3 Å². The Balaban J connectivity index is 2.30. The van der Waals surface area contributed by atoms with Crippen molar-refractivity contribution >= 4 is 0 Å². The van der Waals surface area contributed by atoms with E-state index < -0.39 is 0 Å². The Morgan fingerprint density at radius 2 is 1.87 bits per heavy atom. The van der Waals surface area contributed by atoms with Crippen LogP contribution < -0.4 is 14.8 Å². The molecule has 0 aliphatic rings. The van der Waals surface area contributed by atoms with Crippen LogP contribution in [0.5, 0.6) is 11.5 Å². The van der Waals surface area contributed by atoms with Crippen LogP contribution >= 0.6 is 0 Å². The summed E-state index contributed by atoms with van der Waals surface area (Å²) < 4.78 is 10.8. The van der Waals surface area contributed by atoms with Crippen LogP contribution in [0, 0.1) is 0 Å². The van der Waals surface area contributed by atoms with Gasteiger partial charge in [-0.2, -0.15) is 0 Å². The van der Waals surface area contributed by atoms with Gasteiger partial charge in [-0.15, -0.1) is 0 Å². The Morgan fingerprint density at radius 1 is 1.13 bits per heavy atom. The van der Waals surface area contributed by atoms with Gasteiger partial charge >= 0.3 is 0 Å². The molecular weight excluding hydrogens is 190 g/mol. The fourth-order valence-corrected chi connectivity index (χ4v) is 1.27. The van der Waals surface area contributed by atoms with E-state index in [-0.39, 0.29) is 0 Å². The Bertz CT molecular complexity index is 276. The van der Waals surface area contributed by atoms with E-state index in [1.165, 1.54) is 0 Å². The molecule has 3 nitrogen and oxygen atoms in total. The molecule has 0 radical (unpaired) electrons. The second-order valence-corrected chi connectivity index (χ2v) is 3.25. The third kappa shape index (κ3) is 4.21. The maximum absolute atomic E-state index is 5.59. The van der Waals surface area contributed by atoms with E-state index in [9.17, 15) is 0 Å². The summed E-state index contributed by atoms with van der Waals surface area (Å²) in [5, 5.41) is 3.28. The second-order valence-electron chi connectivity index (χ2n) is 3.25. The van der Waals surface area contributed by atoms with E-state index in [1.54, 1.807) is 7.11 Å². The van der Waals surface area contributed by atoms with Crippen molar-refractivity contribution in [2.45, 2.75) is 13.3 Å². The number of benzene rings is 1. The molecule has 0 saturated carbocycles. The van der Waals surface area contributed by atoms with Crippen LogP contribution in [-0.4, -0.2) is 26.8 Å². The summed E-state index contributed by atoms with van der Waals surface area (Å²) in [6.07, 6.45) is 1.15. The average molecular weight is 209 g/mol. The monoisotopic (exact) mass is 209 g/mol. The number of ether oxygens (including phenoxy) is 2. The van der Waals surface area contributed by atoms with Crippen LogP contribution in [0.1, 0.15) is 13.3 Å². The lowest BCUT2D eigenvalue weighted by Gasteiger charge is -2.10. The van der Waals surface area contributed by atoms with E-state index in [0.717, 1.165) is 31.0 Å². The Morgan fingerprint density at radius 3 is 2.53 bits per heavy atom.